The molecule has 0 radical (unpaired) electrons. The molecule has 2 heterocycles. The lowest BCUT2D eigenvalue weighted by molar-refractivity contribution is -0.139. The molecule has 2 aliphatic rings. The quantitative estimate of drug-likeness (QED) is 0.626. The number of carbonyl (C=O) groups is 4. The van der Waals surface area contributed by atoms with E-state index in [2.05, 4.69) is 10.6 Å². The molecular formula is C12H18N4O4. The zero-order valence-electron chi connectivity index (χ0n) is 11.6. The lowest BCUT2D eigenvalue weighted by Crippen LogP contribution is -2.50. The van der Waals surface area contributed by atoms with E-state index in [1.54, 1.807) is 13.8 Å². The van der Waals surface area contributed by atoms with Crippen LogP contribution in [0.2, 0.25) is 0 Å². The van der Waals surface area contributed by atoms with Crippen LogP contribution >= 0.6 is 0 Å². The molecule has 2 fully saturated rings. The summed E-state index contributed by atoms with van der Waals surface area (Å²) in [5.41, 5.74) is -0.925. The van der Waals surface area contributed by atoms with Crippen LogP contribution in [-0.4, -0.2) is 65.3 Å². The van der Waals surface area contributed by atoms with Gasteiger partial charge in [-0.2, -0.15) is 0 Å². The number of nitrogens with zero attached hydrogens (tertiary/aromatic N) is 2. The molecule has 110 valence electrons. The summed E-state index contributed by atoms with van der Waals surface area (Å²) in [5, 5.41) is 5.18. The first-order chi connectivity index (χ1) is 9.31. The molecule has 2 aliphatic heterocycles. The molecule has 0 spiro atoms. The van der Waals surface area contributed by atoms with Crippen LogP contribution in [0.4, 0.5) is 4.79 Å². The van der Waals surface area contributed by atoms with Crippen molar-refractivity contribution in [2.24, 2.45) is 0 Å². The highest BCUT2D eigenvalue weighted by molar-refractivity contribution is 6.06. The number of amides is 5. The fourth-order valence-electron chi connectivity index (χ4n) is 2.24. The second-order valence-electron chi connectivity index (χ2n) is 5.43. The van der Waals surface area contributed by atoms with Gasteiger partial charge in [0.1, 0.15) is 5.54 Å². The fourth-order valence-corrected chi connectivity index (χ4v) is 2.24. The molecule has 0 bridgehead atoms. The minimum absolute atomic E-state index is 0.0303. The van der Waals surface area contributed by atoms with Gasteiger partial charge in [-0.05, 0) is 13.8 Å². The molecule has 0 aromatic carbocycles. The maximum atomic E-state index is 12.0. The maximum Gasteiger partial charge on any atom is 0.325 e. The average molecular weight is 282 g/mol. The molecule has 0 aromatic rings. The number of rotatable bonds is 3. The molecule has 8 nitrogen and oxygen atoms in total. The van der Waals surface area contributed by atoms with Gasteiger partial charge >= 0.3 is 6.03 Å². The predicted molar refractivity (Wildman–Crippen MR) is 68.5 cm³/mol. The molecule has 2 rings (SSSR count). The van der Waals surface area contributed by atoms with Crippen molar-refractivity contribution in [2.45, 2.75) is 25.8 Å². The molecule has 8 heteroatoms. The van der Waals surface area contributed by atoms with Crippen molar-refractivity contribution in [3.05, 3.63) is 0 Å². The Morgan fingerprint density at radius 1 is 1.30 bits per heavy atom. The number of urea groups is 1. The number of piperazine rings is 1. The lowest BCUT2D eigenvalue weighted by Gasteiger charge is -2.27. The Bertz CT molecular complexity index is 474. The van der Waals surface area contributed by atoms with Gasteiger partial charge in [-0.1, -0.05) is 0 Å². The number of imide groups is 1. The van der Waals surface area contributed by atoms with Crippen LogP contribution in [0, 0.1) is 0 Å². The number of hydrogen-bond donors (Lipinski definition) is 2. The zero-order valence-corrected chi connectivity index (χ0v) is 11.6. The van der Waals surface area contributed by atoms with Gasteiger partial charge in [0, 0.05) is 26.1 Å². The van der Waals surface area contributed by atoms with E-state index in [0.29, 0.717) is 13.1 Å². The summed E-state index contributed by atoms with van der Waals surface area (Å²) in [4.78, 5) is 49.2. The summed E-state index contributed by atoms with van der Waals surface area (Å²) in [7, 11) is 0. The minimum atomic E-state index is -0.925. The van der Waals surface area contributed by atoms with Crippen LogP contribution in [0.15, 0.2) is 0 Å². The molecular weight excluding hydrogens is 264 g/mol. The summed E-state index contributed by atoms with van der Waals surface area (Å²) in [6.07, 6.45) is 0.0303. The Morgan fingerprint density at radius 2 is 2.00 bits per heavy atom. The van der Waals surface area contributed by atoms with E-state index in [0.717, 1.165) is 4.90 Å². The highest BCUT2D eigenvalue weighted by Crippen LogP contribution is 2.16. The first-order valence-corrected chi connectivity index (χ1v) is 6.50. The Hall–Kier alpha value is -2.12. The van der Waals surface area contributed by atoms with E-state index in [9.17, 15) is 19.2 Å². The SMILES string of the molecule is CC1(C)NC(=O)N(CCC(=O)N2CCNC(=O)C2)C1=O. The highest BCUT2D eigenvalue weighted by atomic mass is 16.2. The van der Waals surface area contributed by atoms with E-state index in [-0.39, 0.29) is 37.2 Å². The van der Waals surface area contributed by atoms with Gasteiger partial charge in [-0.15, -0.1) is 0 Å². The molecule has 20 heavy (non-hydrogen) atoms. The summed E-state index contributed by atoms with van der Waals surface area (Å²) in [6, 6.07) is -0.482. The van der Waals surface area contributed by atoms with Crippen molar-refractivity contribution in [2.75, 3.05) is 26.2 Å². The molecule has 0 aliphatic carbocycles. The molecule has 0 unspecified atom stereocenters. The summed E-state index contributed by atoms with van der Waals surface area (Å²) in [5.74, 6) is -0.766. The second-order valence-corrected chi connectivity index (χ2v) is 5.43. The maximum absolute atomic E-state index is 12.0. The van der Waals surface area contributed by atoms with E-state index in [4.69, 9.17) is 0 Å². The van der Waals surface area contributed by atoms with Crippen molar-refractivity contribution in [3.8, 4) is 0 Å². The lowest BCUT2D eigenvalue weighted by atomic mass is 10.1. The van der Waals surface area contributed by atoms with Gasteiger partial charge in [0.25, 0.3) is 5.91 Å². The van der Waals surface area contributed by atoms with Crippen LogP contribution in [0.25, 0.3) is 0 Å². The van der Waals surface area contributed by atoms with Gasteiger partial charge in [0.05, 0.1) is 6.54 Å². The Morgan fingerprint density at radius 3 is 2.55 bits per heavy atom. The molecule has 0 atom stereocenters. The van der Waals surface area contributed by atoms with Gasteiger partial charge in [-0.3, -0.25) is 19.3 Å². The zero-order chi connectivity index (χ0) is 14.9. The third-order valence-electron chi connectivity index (χ3n) is 3.38. The molecule has 5 amide bonds. The monoisotopic (exact) mass is 282 g/mol. The van der Waals surface area contributed by atoms with E-state index >= 15 is 0 Å². The smallest absolute Gasteiger partial charge is 0.325 e. The Kier molecular flexibility index (Phi) is 3.65. The van der Waals surface area contributed by atoms with E-state index in [1.807, 2.05) is 0 Å². The van der Waals surface area contributed by atoms with Crippen molar-refractivity contribution in [1.82, 2.24) is 20.4 Å². The van der Waals surface area contributed by atoms with Crippen LogP contribution in [0.3, 0.4) is 0 Å². The fraction of sp³-hybridized carbons (Fsp3) is 0.667. The topological polar surface area (TPSA) is 98.8 Å². The van der Waals surface area contributed by atoms with Crippen molar-refractivity contribution >= 4 is 23.8 Å². The Labute approximate surface area is 116 Å². The number of hydrogen-bond acceptors (Lipinski definition) is 4. The molecule has 0 aromatic heterocycles. The first kappa shape index (κ1) is 14.3. The standard InChI is InChI=1S/C12H18N4O4/c1-12(2)10(19)16(11(20)14-12)5-3-9(18)15-6-4-13-8(17)7-15/h3-7H2,1-2H3,(H,13,17)(H,14,20). The van der Waals surface area contributed by atoms with Gasteiger partial charge in [0.2, 0.25) is 11.8 Å². The van der Waals surface area contributed by atoms with Crippen LogP contribution in [-0.2, 0) is 14.4 Å². The largest absolute Gasteiger partial charge is 0.353 e. The van der Waals surface area contributed by atoms with Crippen molar-refractivity contribution < 1.29 is 19.2 Å². The first-order valence-electron chi connectivity index (χ1n) is 6.50. The highest BCUT2D eigenvalue weighted by Gasteiger charge is 2.44. The van der Waals surface area contributed by atoms with Gasteiger partial charge < -0.3 is 15.5 Å². The second kappa shape index (κ2) is 5.10. The van der Waals surface area contributed by atoms with Crippen LogP contribution in [0.5, 0.6) is 0 Å². The predicted octanol–water partition coefficient (Wildman–Crippen LogP) is -1.33. The average Bonchev–Trinajstić information content (AvgIpc) is 2.56. The summed E-state index contributed by atoms with van der Waals surface area (Å²) >= 11 is 0. The molecule has 2 N–H and O–H groups in total. The number of nitrogens with one attached hydrogen (secondary N) is 2. The van der Waals surface area contributed by atoms with Crippen LogP contribution in [0.1, 0.15) is 20.3 Å². The minimum Gasteiger partial charge on any atom is -0.353 e. The van der Waals surface area contributed by atoms with Crippen molar-refractivity contribution in [3.63, 3.8) is 0 Å². The van der Waals surface area contributed by atoms with Crippen LogP contribution < -0.4 is 10.6 Å². The third-order valence-corrected chi connectivity index (χ3v) is 3.38. The van der Waals surface area contributed by atoms with E-state index < -0.39 is 11.6 Å². The summed E-state index contributed by atoms with van der Waals surface area (Å²) < 4.78 is 0. The van der Waals surface area contributed by atoms with Crippen molar-refractivity contribution in [1.29, 1.82) is 0 Å². The summed E-state index contributed by atoms with van der Waals surface area (Å²) in [6.45, 7) is 4.18. The Balaban J connectivity index is 1.89. The third kappa shape index (κ3) is 2.73. The van der Waals surface area contributed by atoms with Gasteiger partial charge in [-0.25, -0.2) is 4.79 Å². The molecule has 2 saturated heterocycles. The normalized spacial score (nSPS) is 21.8. The van der Waals surface area contributed by atoms with Gasteiger partial charge in [0.15, 0.2) is 0 Å². The molecule has 0 saturated carbocycles. The number of carbonyl (C=O) groups excluding carboxylic acids is 4. The van der Waals surface area contributed by atoms with E-state index in [1.165, 1.54) is 4.90 Å².